The summed E-state index contributed by atoms with van der Waals surface area (Å²) < 4.78 is 4.63. The third kappa shape index (κ3) is 5.64. The van der Waals surface area contributed by atoms with Crippen LogP contribution < -0.4 is 0 Å². The van der Waals surface area contributed by atoms with Gasteiger partial charge in [-0.3, -0.25) is 4.79 Å². The van der Waals surface area contributed by atoms with Crippen molar-refractivity contribution in [1.29, 1.82) is 0 Å². The van der Waals surface area contributed by atoms with Crippen LogP contribution in [0, 0.1) is 12.8 Å². The van der Waals surface area contributed by atoms with Crippen LogP contribution in [0.4, 0.5) is 0 Å². The summed E-state index contributed by atoms with van der Waals surface area (Å²) in [7, 11) is 0. The number of allylic oxidation sites excluding steroid dienone is 1. The molecule has 0 aliphatic rings. The average Bonchev–Trinajstić information content (AvgIpc) is 1.87. The standard InChI is InChI=1S/C9H15O2/c1-4-5-8(2)6-9(3)11-7-10/h4,7-9H,1,3,5-6H2,2H3/t8?,9-/m1/s1. The Balaban J connectivity index is 3.46. The molecular weight excluding hydrogens is 140 g/mol. The highest BCUT2D eigenvalue weighted by Crippen LogP contribution is 2.11. The van der Waals surface area contributed by atoms with Crippen LogP contribution in [0.3, 0.4) is 0 Å². The molecule has 0 spiro atoms. The molecule has 0 fully saturated rings. The van der Waals surface area contributed by atoms with Crippen LogP contribution in [0.5, 0.6) is 0 Å². The summed E-state index contributed by atoms with van der Waals surface area (Å²) >= 11 is 0. The summed E-state index contributed by atoms with van der Waals surface area (Å²) in [5.41, 5.74) is 0. The minimum atomic E-state index is -0.220. The molecule has 0 saturated carbocycles. The van der Waals surface area contributed by atoms with Crippen LogP contribution in [0.25, 0.3) is 0 Å². The molecule has 2 heteroatoms. The summed E-state index contributed by atoms with van der Waals surface area (Å²) in [4.78, 5) is 9.87. The van der Waals surface area contributed by atoms with Crippen molar-refractivity contribution in [3.63, 3.8) is 0 Å². The predicted molar refractivity (Wildman–Crippen MR) is 44.9 cm³/mol. The van der Waals surface area contributed by atoms with Crippen molar-refractivity contribution < 1.29 is 9.53 Å². The number of carbonyl (C=O) groups excluding carboxylic acids is 1. The molecule has 0 aliphatic heterocycles. The normalized spacial score (nSPS) is 15.1. The molecule has 0 bridgehead atoms. The number of hydrogen-bond donors (Lipinski definition) is 0. The molecular formula is C9H15O2. The Hall–Kier alpha value is -0.790. The Morgan fingerprint density at radius 1 is 1.64 bits per heavy atom. The maximum atomic E-state index is 9.87. The van der Waals surface area contributed by atoms with Gasteiger partial charge in [-0.25, -0.2) is 0 Å². The lowest BCUT2D eigenvalue weighted by molar-refractivity contribution is -0.132. The molecule has 63 valence electrons. The van der Waals surface area contributed by atoms with Gasteiger partial charge in [0, 0.05) is 0 Å². The van der Waals surface area contributed by atoms with E-state index in [9.17, 15) is 4.79 Å². The van der Waals surface area contributed by atoms with Gasteiger partial charge in [0.25, 0.3) is 6.47 Å². The van der Waals surface area contributed by atoms with Gasteiger partial charge in [0.15, 0.2) is 0 Å². The molecule has 2 nitrogen and oxygen atoms in total. The Bertz CT molecular complexity index is 107. The van der Waals surface area contributed by atoms with Crippen LogP contribution in [-0.2, 0) is 9.53 Å². The fourth-order valence-corrected chi connectivity index (χ4v) is 0.964. The molecule has 0 amide bonds. The molecule has 0 heterocycles. The van der Waals surface area contributed by atoms with Crippen molar-refractivity contribution in [3.8, 4) is 0 Å². The van der Waals surface area contributed by atoms with E-state index in [1.165, 1.54) is 0 Å². The van der Waals surface area contributed by atoms with E-state index in [0.29, 0.717) is 12.4 Å². The van der Waals surface area contributed by atoms with E-state index in [1.807, 2.05) is 6.08 Å². The fraction of sp³-hybridized carbons (Fsp3) is 0.556. The predicted octanol–water partition coefficient (Wildman–Crippen LogP) is 1.96. The van der Waals surface area contributed by atoms with E-state index >= 15 is 0 Å². The first-order chi connectivity index (χ1) is 5.20. The minimum Gasteiger partial charge on any atom is -0.465 e. The molecule has 0 aromatic heterocycles. The quantitative estimate of drug-likeness (QED) is 0.433. The first-order valence-electron chi connectivity index (χ1n) is 3.73. The number of rotatable bonds is 6. The van der Waals surface area contributed by atoms with Crippen LogP contribution >= 0.6 is 0 Å². The molecule has 0 saturated heterocycles. The summed E-state index contributed by atoms with van der Waals surface area (Å²) in [6.07, 6.45) is 3.37. The summed E-state index contributed by atoms with van der Waals surface area (Å²) in [5.74, 6) is 0.481. The Morgan fingerprint density at radius 3 is 2.73 bits per heavy atom. The minimum absolute atomic E-state index is 0.220. The molecule has 0 N–H and O–H groups in total. The van der Waals surface area contributed by atoms with E-state index in [2.05, 4.69) is 25.2 Å². The highest BCUT2D eigenvalue weighted by Gasteiger charge is 2.06. The lowest BCUT2D eigenvalue weighted by Crippen LogP contribution is -2.11. The van der Waals surface area contributed by atoms with Gasteiger partial charge >= 0.3 is 0 Å². The number of ether oxygens (including phenoxy) is 1. The molecule has 11 heavy (non-hydrogen) atoms. The zero-order valence-corrected chi connectivity index (χ0v) is 6.95. The van der Waals surface area contributed by atoms with Gasteiger partial charge in [-0.2, -0.15) is 0 Å². The SMILES string of the molecule is [CH2][C@H](CC(C)CC=C)OC=O. The van der Waals surface area contributed by atoms with Gasteiger partial charge in [0.2, 0.25) is 0 Å². The van der Waals surface area contributed by atoms with E-state index < -0.39 is 0 Å². The van der Waals surface area contributed by atoms with E-state index in [4.69, 9.17) is 0 Å². The Labute approximate surface area is 68.2 Å². The maximum Gasteiger partial charge on any atom is 0.293 e. The van der Waals surface area contributed by atoms with Gasteiger partial charge in [-0.1, -0.05) is 13.0 Å². The van der Waals surface area contributed by atoms with Crippen LogP contribution in [0.1, 0.15) is 19.8 Å². The van der Waals surface area contributed by atoms with Gasteiger partial charge in [0.05, 0.1) is 0 Å². The van der Waals surface area contributed by atoms with Crippen molar-refractivity contribution in [2.75, 3.05) is 0 Å². The van der Waals surface area contributed by atoms with E-state index in [0.717, 1.165) is 12.8 Å². The van der Waals surface area contributed by atoms with Crippen molar-refractivity contribution in [2.24, 2.45) is 5.92 Å². The molecule has 0 aliphatic carbocycles. The summed E-state index contributed by atoms with van der Waals surface area (Å²) in [6, 6.07) is 0. The van der Waals surface area contributed by atoms with Gasteiger partial charge in [-0.05, 0) is 25.7 Å². The second kappa shape index (κ2) is 5.96. The molecule has 1 radical (unpaired) electrons. The molecule has 0 rings (SSSR count). The van der Waals surface area contributed by atoms with E-state index in [-0.39, 0.29) is 6.10 Å². The van der Waals surface area contributed by atoms with Crippen molar-refractivity contribution in [2.45, 2.75) is 25.9 Å². The Morgan fingerprint density at radius 2 is 2.27 bits per heavy atom. The molecule has 1 unspecified atom stereocenters. The maximum absolute atomic E-state index is 9.87. The Kier molecular flexibility index (Phi) is 5.53. The van der Waals surface area contributed by atoms with Crippen molar-refractivity contribution >= 4 is 6.47 Å². The average molecular weight is 155 g/mol. The smallest absolute Gasteiger partial charge is 0.293 e. The molecule has 2 atom stereocenters. The van der Waals surface area contributed by atoms with Gasteiger partial charge in [-0.15, -0.1) is 6.58 Å². The van der Waals surface area contributed by atoms with Crippen molar-refractivity contribution in [1.82, 2.24) is 0 Å². The van der Waals surface area contributed by atoms with Crippen LogP contribution in [-0.4, -0.2) is 12.6 Å². The third-order valence-electron chi connectivity index (χ3n) is 1.48. The van der Waals surface area contributed by atoms with Gasteiger partial charge in [0.1, 0.15) is 6.10 Å². The number of hydrogen-bond acceptors (Lipinski definition) is 2. The first kappa shape index (κ1) is 10.2. The summed E-state index contributed by atoms with van der Waals surface area (Å²) in [6.45, 7) is 9.81. The van der Waals surface area contributed by atoms with E-state index in [1.54, 1.807) is 0 Å². The van der Waals surface area contributed by atoms with Crippen LogP contribution in [0.2, 0.25) is 0 Å². The zero-order chi connectivity index (χ0) is 8.69. The molecule has 0 aromatic carbocycles. The highest BCUT2D eigenvalue weighted by atomic mass is 16.5. The largest absolute Gasteiger partial charge is 0.465 e. The van der Waals surface area contributed by atoms with Crippen molar-refractivity contribution in [3.05, 3.63) is 19.6 Å². The monoisotopic (exact) mass is 155 g/mol. The third-order valence-corrected chi connectivity index (χ3v) is 1.48. The lowest BCUT2D eigenvalue weighted by atomic mass is 10.0. The van der Waals surface area contributed by atoms with Crippen LogP contribution in [0.15, 0.2) is 12.7 Å². The first-order valence-corrected chi connectivity index (χ1v) is 3.73. The topological polar surface area (TPSA) is 26.3 Å². The second-order valence-electron chi connectivity index (χ2n) is 2.72. The summed E-state index contributed by atoms with van der Waals surface area (Å²) in [5, 5.41) is 0. The highest BCUT2D eigenvalue weighted by molar-refractivity contribution is 5.37. The second-order valence-corrected chi connectivity index (χ2v) is 2.72. The van der Waals surface area contributed by atoms with Gasteiger partial charge < -0.3 is 4.74 Å². The zero-order valence-electron chi connectivity index (χ0n) is 6.95. The lowest BCUT2D eigenvalue weighted by Gasteiger charge is -2.13. The fourth-order valence-electron chi connectivity index (χ4n) is 0.964. The number of carbonyl (C=O) groups is 1. The molecule has 0 aromatic rings.